The van der Waals surface area contributed by atoms with E-state index < -0.39 is 0 Å². The molecule has 0 spiro atoms. The molecule has 1 N–H and O–H groups in total. The second kappa shape index (κ2) is 3.14. The Balaban J connectivity index is 4.53. The van der Waals surface area contributed by atoms with Gasteiger partial charge in [0.15, 0.2) is 0 Å². The van der Waals surface area contributed by atoms with Crippen molar-refractivity contribution < 1.29 is 5.11 Å². The third-order valence-electron chi connectivity index (χ3n) is 3.58. The largest absolute Gasteiger partial charge is 0.396 e. The zero-order chi connectivity index (χ0) is 9.28. The molecule has 0 aromatic heterocycles. The van der Waals surface area contributed by atoms with Gasteiger partial charge in [-0.1, -0.05) is 41.5 Å². The monoisotopic (exact) mass is 158 g/mol. The Morgan fingerprint density at radius 3 is 1.55 bits per heavy atom. The van der Waals surface area contributed by atoms with Gasteiger partial charge in [0.2, 0.25) is 0 Å². The maximum Gasteiger partial charge on any atom is 0.0487 e. The lowest BCUT2D eigenvalue weighted by molar-refractivity contribution is 0.00264. The third kappa shape index (κ3) is 1.96. The van der Waals surface area contributed by atoms with Crippen LogP contribution in [0, 0.1) is 16.7 Å². The fraction of sp³-hybridized carbons (Fsp3) is 1.00. The van der Waals surface area contributed by atoms with E-state index in [9.17, 15) is 5.11 Å². The number of rotatable bonds is 3. The Morgan fingerprint density at radius 2 is 1.45 bits per heavy atom. The fourth-order valence-corrected chi connectivity index (χ4v) is 0.985. The highest BCUT2D eigenvalue weighted by Crippen LogP contribution is 2.43. The first-order chi connectivity index (χ1) is 4.75. The van der Waals surface area contributed by atoms with Crippen LogP contribution in [0.5, 0.6) is 0 Å². The van der Waals surface area contributed by atoms with Gasteiger partial charge in [0, 0.05) is 6.61 Å². The Kier molecular flexibility index (Phi) is 3.13. The third-order valence-corrected chi connectivity index (χ3v) is 3.58. The topological polar surface area (TPSA) is 20.2 Å². The molecule has 11 heavy (non-hydrogen) atoms. The average molecular weight is 158 g/mol. The summed E-state index contributed by atoms with van der Waals surface area (Å²) in [6.07, 6.45) is 0. The average Bonchev–Trinajstić information content (AvgIpc) is 1.87. The van der Waals surface area contributed by atoms with Gasteiger partial charge in [-0.3, -0.25) is 0 Å². The van der Waals surface area contributed by atoms with E-state index in [4.69, 9.17) is 0 Å². The van der Waals surface area contributed by atoms with Crippen molar-refractivity contribution in [1.29, 1.82) is 0 Å². The van der Waals surface area contributed by atoms with Gasteiger partial charge in [0.1, 0.15) is 0 Å². The summed E-state index contributed by atoms with van der Waals surface area (Å²) in [4.78, 5) is 0. The second-order valence-corrected chi connectivity index (χ2v) is 4.92. The summed E-state index contributed by atoms with van der Waals surface area (Å²) in [6.45, 7) is 13.3. The van der Waals surface area contributed by atoms with Crippen LogP contribution in [0.1, 0.15) is 41.5 Å². The van der Waals surface area contributed by atoms with Crippen LogP contribution in [-0.4, -0.2) is 11.7 Å². The molecule has 0 saturated heterocycles. The standard InChI is InChI=1S/C10H22O/c1-8(2)10(5,6)9(3,4)7-11/h8,11H,7H2,1-6H3. The molecule has 0 aliphatic carbocycles. The summed E-state index contributed by atoms with van der Waals surface area (Å²) >= 11 is 0. The number of aliphatic hydroxyl groups excluding tert-OH is 1. The zero-order valence-corrected chi connectivity index (χ0v) is 8.73. The summed E-state index contributed by atoms with van der Waals surface area (Å²) in [7, 11) is 0. The van der Waals surface area contributed by atoms with Crippen molar-refractivity contribution in [1.82, 2.24) is 0 Å². The van der Waals surface area contributed by atoms with Gasteiger partial charge in [-0.15, -0.1) is 0 Å². The van der Waals surface area contributed by atoms with Gasteiger partial charge in [-0.25, -0.2) is 0 Å². The first kappa shape index (κ1) is 11.0. The van der Waals surface area contributed by atoms with Crippen molar-refractivity contribution in [3.8, 4) is 0 Å². The van der Waals surface area contributed by atoms with Crippen molar-refractivity contribution >= 4 is 0 Å². The van der Waals surface area contributed by atoms with Gasteiger partial charge in [-0.2, -0.15) is 0 Å². The molecule has 0 saturated carbocycles. The molecule has 0 atom stereocenters. The molecular formula is C10H22O. The van der Waals surface area contributed by atoms with E-state index in [2.05, 4.69) is 41.5 Å². The smallest absolute Gasteiger partial charge is 0.0487 e. The maximum atomic E-state index is 9.18. The van der Waals surface area contributed by atoms with E-state index in [-0.39, 0.29) is 17.4 Å². The first-order valence-corrected chi connectivity index (χ1v) is 4.36. The molecule has 0 unspecified atom stereocenters. The molecule has 0 aliphatic rings. The molecule has 0 rings (SSSR count). The molecule has 1 nitrogen and oxygen atoms in total. The molecule has 0 aliphatic heterocycles. The molecule has 68 valence electrons. The van der Waals surface area contributed by atoms with Crippen molar-refractivity contribution in [2.24, 2.45) is 16.7 Å². The molecule has 0 radical (unpaired) electrons. The minimum absolute atomic E-state index is 0.0150. The minimum atomic E-state index is 0.0150. The molecule has 0 heterocycles. The highest BCUT2D eigenvalue weighted by molar-refractivity contribution is 4.87. The lowest BCUT2D eigenvalue weighted by atomic mass is 9.62. The van der Waals surface area contributed by atoms with Gasteiger partial charge in [-0.05, 0) is 16.7 Å². The van der Waals surface area contributed by atoms with Gasteiger partial charge in [0.05, 0.1) is 0 Å². The first-order valence-electron chi connectivity index (χ1n) is 4.36. The lowest BCUT2D eigenvalue weighted by Gasteiger charge is -2.43. The highest BCUT2D eigenvalue weighted by Gasteiger charge is 2.38. The van der Waals surface area contributed by atoms with Crippen LogP contribution in [0.25, 0.3) is 0 Å². The number of hydrogen-bond acceptors (Lipinski definition) is 1. The SMILES string of the molecule is CC(C)C(C)(C)C(C)(C)CO. The van der Waals surface area contributed by atoms with Crippen LogP contribution in [0.2, 0.25) is 0 Å². The van der Waals surface area contributed by atoms with E-state index in [0.29, 0.717) is 5.92 Å². The maximum absolute atomic E-state index is 9.18. The van der Waals surface area contributed by atoms with Crippen molar-refractivity contribution in [2.75, 3.05) is 6.61 Å². The molecule has 0 aromatic carbocycles. The summed E-state index contributed by atoms with van der Waals surface area (Å²) in [5, 5.41) is 9.18. The van der Waals surface area contributed by atoms with Crippen LogP contribution in [-0.2, 0) is 0 Å². The molecule has 0 bridgehead atoms. The normalized spacial score (nSPS) is 14.2. The van der Waals surface area contributed by atoms with E-state index in [1.807, 2.05) is 0 Å². The Morgan fingerprint density at radius 1 is 1.09 bits per heavy atom. The van der Waals surface area contributed by atoms with Crippen molar-refractivity contribution in [3.63, 3.8) is 0 Å². The van der Waals surface area contributed by atoms with Crippen molar-refractivity contribution in [2.45, 2.75) is 41.5 Å². The van der Waals surface area contributed by atoms with Crippen LogP contribution < -0.4 is 0 Å². The molecule has 0 fully saturated rings. The quantitative estimate of drug-likeness (QED) is 0.669. The molecule has 1 heteroatoms. The Labute approximate surface area is 70.8 Å². The molecular weight excluding hydrogens is 136 g/mol. The van der Waals surface area contributed by atoms with Gasteiger partial charge >= 0.3 is 0 Å². The number of aliphatic hydroxyl groups is 1. The fourth-order valence-electron chi connectivity index (χ4n) is 0.985. The summed E-state index contributed by atoms with van der Waals surface area (Å²) in [6, 6.07) is 0. The predicted molar refractivity (Wildman–Crippen MR) is 49.5 cm³/mol. The zero-order valence-electron chi connectivity index (χ0n) is 8.73. The highest BCUT2D eigenvalue weighted by atomic mass is 16.3. The van der Waals surface area contributed by atoms with Crippen LogP contribution in [0.4, 0.5) is 0 Å². The Bertz CT molecular complexity index is 123. The second-order valence-electron chi connectivity index (χ2n) is 4.92. The minimum Gasteiger partial charge on any atom is -0.396 e. The molecule has 0 amide bonds. The Hall–Kier alpha value is -0.0400. The summed E-state index contributed by atoms with van der Waals surface area (Å²) < 4.78 is 0. The van der Waals surface area contributed by atoms with Crippen LogP contribution in [0.3, 0.4) is 0 Å². The molecule has 0 aromatic rings. The van der Waals surface area contributed by atoms with E-state index in [1.54, 1.807) is 0 Å². The predicted octanol–water partition coefficient (Wildman–Crippen LogP) is 2.69. The summed E-state index contributed by atoms with van der Waals surface area (Å²) in [5.41, 5.74) is 0.211. The van der Waals surface area contributed by atoms with E-state index in [1.165, 1.54) is 0 Å². The van der Waals surface area contributed by atoms with Gasteiger partial charge < -0.3 is 5.11 Å². The number of hydrogen-bond donors (Lipinski definition) is 1. The van der Waals surface area contributed by atoms with E-state index in [0.717, 1.165) is 0 Å². The van der Waals surface area contributed by atoms with E-state index >= 15 is 0 Å². The summed E-state index contributed by atoms with van der Waals surface area (Å²) in [5.74, 6) is 0.602. The lowest BCUT2D eigenvalue weighted by Crippen LogP contribution is -2.39. The van der Waals surface area contributed by atoms with Crippen molar-refractivity contribution in [3.05, 3.63) is 0 Å². The van der Waals surface area contributed by atoms with Crippen LogP contribution >= 0.6 is 0 Å². The van der Waals surface area contributed by atoms with Crippen LogP contribution in [0.15, 0.2) is 0 Å². The van der Waals surface area contributed by atoms with Gasteiger partial charge in [0.25, 0.3) is 0 Å².